The first-order chi connectivity index (χ1) is 14.6. The third-order valence-corrected chi connectivity index (χ3v) is 6.31. The second-order valence-electron chi connectivity index (χ2n) is 8.27. The molecule has 0 spiro atoms. The van der Waals surface area contributed by atoms with Gasteiger partial charge in [0.05, 0.1) is 17.6 Å². The van der Waals surface area contributed by atoms with E-state index in [4.69, 9.17) is 15.3 Å². The van der Waals surface area contributed by atoms with Gasteiger partial charge in [-0.25, -0.2) is 0 Å². The number of halogens is 1. The molecule has 0 amide bonds. The van der Waals surface area contributed by atoms with Crippen LogP contribution in [0, 0.1) is 34.5 Å². The van der Waals surface area contributed by atoms with Gasteiger partial charge in [-0.2, -0.15) is 14.9 Å². The molecule has 0 bridgehead atoms. The minimum absolute atomic E-state index is 0.0173. The molecular weight excluding hydrogens is 379 g/mol. The van der Waals surface area contributed by atoms with Crippen LogP contribution >= 0.6 is 0 Å². The largest absolute Gasteiger partial charge is 0.462 e. The van der Waals surface area contributed by atoms with Crippen LogP contribution in [0.1, 0.15) is 68.4 Å². The molecule has 0 saturated heterocycles. The van der Waals surface area contributed by atoms with Gasteiger partial charge in [0.15, 0.2) is 5.83 Å². The van der Waals surface area contributed by atoms with E-state index in [0.29, 0.717) is 17.4 Å². The normalized spacial score (nSPS) is 27.2. The number of ether oxygens (including phenoxy) is 1. The van der Waals surface area contributed by atoms with Gasteiger partial charge < -0.3 is 4.74 Å². The Morgan fingerprint density at radius 2 is 1.67 bits per heavy atom. The number of benzene rings is 1. The van der Waals surface area contributed by atoms with Crippen LogP contribution in [-0.2, 0) is 9.53 Å². The fourth-order valence-corrected chi connectivity index (χ4v) is 4.49. The third-order valence-electron chi connectivity index (χ3n) is 6.31. The van der Waals surface area contributed by atoms with Crippen molar-refractivity contribution < 1.29 is 13.9 Å². The molecule has 3 rings (SSSR count). The number of carbonyl (C=O) groups excluding carboxylic acids is 1. The van der Waals surface area contributed by atoms with Crippen molar-refractivity contribution in [2.75, 3.05) is 0 Å². The Bertz CT molecular complexity index is 860. The van der Waals surface area contributed by atoms with E-state index in [1.54, 1.807) is 6.08 Å². The predicted molar refractivity (Wildman–Crippen MR) is 112 cm³/mol. The summed E-state index contributed by atoms with van der Waals surface area (Å²) >= 11 is 0. The van der Waals surface area contributed by atoms with Crippen molar-refractivity contribution >= 4 is 5.97 Å². The SMILES string of the molecule is N#CC(F)=CC=C[C@H]1CC[C@H](OC(=O)[C@H]2CC[C@H](c3ccc(C#N)cc3)CC2)CC1. The standard InChI is InChI=1S/C25H27FN2O2/c26-23(17-28)3-1-2-18-6-14-24(15-7-18)30-25(29)22-12-10-21(11-13-22)20-8-4-19(16-27)5-9-20/h1-5,8-9,18,21-22,24H,6-7,10-15H2/t18-,21-,22-,24-. The van der Waals surface area contributed by atoms with Gasteiger partial charge in [-0.3, -0.25) is 4.79 Å². The molecule has 2 saturated carbocycles. The topological polar surface area (TPSA) is 73.9 Å². The summed E-state index contributed by atoms with van der Waals surface area (Å²) in [4.78, 5) is 12.6. The Balaban J connectivity index is 1.40. The summed E-state index contributed by atoms with van der Waals surface area (Å²) in [7, 11) is 0. The van der Waals surface area contributed by atoms with Gasteiger partial charge in [0.25, 0.3) is 0 Å². The average molecular weight is 407 g/mol. The summed E-state index contributed by atoms with van der Waals surface area (Å²) in [6.45, 7) is 0. The Labute approximate surface area is 177 Å². The lowest BCUT2D eigenvalue weighted by Gasteiger charge is -2.31. The summed E-state index contributed by atoms with van der Waals surface area (Å²) in [5.41, 5.74) is 1.92. The van der Waals surface area contributed by atoms with Crippen molar-refractivity contribution in [3.05, 3.63) is 59.4 Å². The fourth-order valence-electron chi connectivity index (χ4n) is 4.49. The molecule has 1 aromatic rings. The lowest BCUT2D eigenvalue weighted by Crippen LogP contribution is -2.29. The van der Waals surface area contributed by atoms with Gasteiger partial charge in [0, 0.05) is 0 Å². The molecule has 0 atom stereocenters. The Kier molecular flexibility index (Phi) is 7.80. The Morgan fingerprint density at radius 3 is 2.27 bits per heavy atom. The second kappa shape index (κ2) is 10.7. The molecule has 0 radical (unpaired) electrons. The number of allylic oxidation sites excluding steroid dienone is 4. The molecule has 0 heterocycles. The highest BCUT2D eigenvalue weighted by Crippen LogP contribution is 2.37. The van der Waals surface area contributed by atoms with Crippen LogP contribution in [0.4, 0.5) is 4.39 Å². The molecule has 0 aromatic heterocycles. The van der Waals surface area contributed by atoms with Crippen LogP contribution in [0.2, 0.25) is 0 Å². The number of hydrogen-bond donors (Lipinski definition) is 0. The Morgan fingerprint density at radius 1 is 1.00 bits per heavy atom. The summed E-state index contributed by atoms with van der Waals surface area (Å²) in [6.07, 6.45) is 11.8. The van der Waals surface area contributed by atoms with E-state index in [1.807, 2.05) is 30.3 Å². The van der Waals surface area contributed by atoms with Crippen molar-refractivity contribution in [3.8, 4) is 12.1 Å². The number of nitrogens with zero attached hydrogens (tertiary/aromatic N) is 2. The van der Waals surface area contributed by atoms with Gasteiger partial charge in [-0.05, 0) is 87.0 Å². The zero-order valence-corrected chi connectivity index (χ0v) is 17.1. The van der Waals surface area contributed by atoms with E-state index in [-0.39, 0.29) is 18.0 Å². The van der Waals surface area contributed by atoms with Crippen LogP contribution in [0.3, 0.4) is 0 Å². The number of hydrogen-bond acceptors (Lipinski definition) is 4. The smallest absolute Gasteiger partial charge is 0.309 e. The molecule has 0 N–H and O–H groups in total. The zero-order valence-electron chi connectivity index (χ0n) is 17.1. The molecule has 2 fully saturated rings. The number of nitriles is 2. The van der Waals surface area contributed by atoms with Gasteiger partial charge in [-0.1, -0.05) is 24.3 Å². The van der Waals surface area contributed by atoms with Crippen LogP contribution in [0.15, 0.2) is 48.3 Å². The first-order valence-electron chi connectivity index (χ1n) is 10.7. The average Bonchev–Trinajstić information content (AvgIpc) is 2.80. The highest BCUT2D eigenvalue weighted by molar-refractivity contribution is 5.72. The molecule has 0 aliphatic heterocycles. The summed E-state index contributed by atoms with van der Waals surface area (Å²) < 4.78 is 18.6. The van der Waals surface area contributed by atoms with E-state index in [9.17, 15) is 9.18 Å². The van der Waals surface area contributed by atoms with Gasteiger partial charge in [0.1, 0.15) is 12.2 Å². The molecule has 1 aromatic carbocycles. The van der Waals surface area contributed by atoms with Crippen molar-refractivity contribution in [2.45, 2.75) is 63.4 Å². The molecule has 156 valence electrons. The highest BCUT2D eigenvalue weighted by atomic mass is 19.1. The molecule has 5 heteroatoms. The molecule has 4 nitrogen and oxygen atoms in total. The molecule has 2 aliphatic carbocycles. The second-order valence-corrected chi connectivity index (χ2v) is 8.27. The maximum Gasteiger partial charge on any atom is 0.309 e. The fraction of sp³-hybridized carbons (Fsp3) is 0.480. The van der Waals surface area contributed by atoms with Crippen LogP contribution in [0.25, 0.3) is 0 Å². The summed E-state index contributed by atoms with van der Waals surface area (Å²) in [5, 5.41) is 17.3. The van der Waals surface area contributed by atoms with E-state index in [0.717, 1.165) is 51.4 Å². The van der Waals surface area contributed by atoms with Crippen LogP contribution < -0.4 is 0 Å². The zero-order chi connectivity index (χ0) is 21.3. The summed E-state index contributed by atoms with van der Waals surface area (Å²) in [6, 6.07) is 11.4. The number of carbonyl (C=O) groups is 1. The Hall–Kier alpha value is -2.92. The molecule has 2 aliphatic rings. The monoisotopic (exact) mass is 406 g/mol. The molecule has 30 heavy (non-hydrogen) atoms. The van der Waals surface area contributed by atoms with Crippen molar-refractivity contribution in [3.63, 3.8) is 0 Å². The third kappa shape index (κ3) is 6.04. The number of esters is 1. The van der Waals surface area contributed by atoms with Crippen molar-refractivity contribution in [1.82, 2.24) is 0 Å². The predicted octanol–water partition coefficient (Wildman–Crippen LogP) is 5.87. The van der Waals surface area contributed by atoms with Crippen LogP contribution in [0.5, 0.6) is 0 Å². The molecule has 0 unspecified atom stereocenters. The minimum Gasteiger partial charge on any atom is -0.462 e. The van der Waals surface area contributed by atoms with Crippen molar-refractivity contribution in [2.24, 2.45) is 11.8 Å². The number of rotatable bonds is 5. The van der Waals surface area contributed by atoms with Gasteiger partial charge in [0.2, 0.25) is 0 Å². The maximum absolute atomic E-state index is 12.8. The first kappa shape index (κ1) is 21.8. The van der Waals surface area contributed by atoms with Crippen molar-refractivity contribution in [1.29, 1.82) is 10.5 Å². The van der Waals surface area contributed by atoms with E-state index >= 15 is 0 Å². The van der Waals surface area contributed by atoms with Gasteiger partial charge >= 0.3 is 5.97 Å². The van der Waals surface area contributed by atoms with E-state index < -0.39 is 5.83 Å². The van der Waals surface area contributed by atoms with E-state index in [2.05, 4.69) is 6.07 Å². The van der Waals surface area contributed by atoms with E-state index in [1.165, 1.54) is 17.7 Å². The van der Waals surface area contributed by atoms with Crippen LogP contribution in [-0.4, -0.2) is 12.1 Å². The first-order valence-corrected chi connectivity index (χ1v) is 10.7. The lowest BCUT2D eigenvalue weighted by molar-refractivity contribution is -0.157. The highest BCUT2D eigenvalue weighted by Gasteiger charge is 2.30. The quantitative estimate of drug-likeness (QED) is 0.348. The summed E-state index contributed by atoms with van der Waals surface area (Å²) in [5.74, 6) is -0.0834. The molecular formula is C25H27FN2O2. The van der Waals surface area contributed by atoms with Gasteiger partial charge in [-0.15, -0.1) is 0 Å². The maximum atomic E-state index is 12.8. The lowest BCUT2D eigenvalue weighted by atomic mass is 9.78. The minimum atomic E-state index is -0.789.